The Balaban J connectivity index is 1.42. The number of hydrogen-bond acceptors (Lipinski definition) is 7. The van der Waals surface area contributed by atoms with Crippen molar-refractivity contribution in [3.05, 3.63) is 52.7 Å². The molecule has 0 bridgehead atoms. The summed E-state index contributed by atoms with van der Waals surface area (Å²) in [6.45, 7) is 6.27. The third-order valence-corrected chi connectivity index (χ3v) is 6.61. The fraction of sp³-hybridized carbons (Fsp3) is 0.464. The van der Waals surface area contributed by atoms with Crippen molar-refractivity contribution in [1.29, 1.82) is 0 Å². The Kier molecular flexibility index (Phi) is 8.66. The molecule has 7 heteroatoms. The van der Waals surface area contributed by atoms with Crippen LogP contribution < -0.4 is 19.6 Å². The molecule has 1 fully saturated rings. The number of unbranched alkanes of at least 4 members (excludes halogenated alkanes) is 3. The van der Waals surface area contributed by atoms with Crippen LogP contribution >= 0.6 is 0 Å². The maximum Gasteiger partial charge on any atom is 0.235 e. The lowest BCUT2D eigenvalue weighted by atomic mass is 10.1. The van der Waals surface area contributed by atoms with E-state index in [9.17, 15) is 4.79 Å². The van der Waals surface area contributed by atoms with Crippen LogP contribution in [0.1, 0.15) is 25.7 Å². The second-order valence-electron chi connectivity index (χ2n) is 9.06. The molecule has 1 aliphatic heterocycles. The monoisotopic (exact) mass is 480 g/mol. The molecular formula is C28H36N2O5. The van der Waals surface area contributed by atoms with Crippen molar-refractivity contribution in [3.63, 3.8) is 0 Å². The maximum absolute atomic E-state index is 13.3. The molecule has 0 atom stereocenters. The van der Waals surface area contributed by atoms with E-state index in [1.165, 1.54) is 6.42 Å². The van der Waals surface area contributed by atoms with Gasteiger partial charge in [-0.3, -0.25) is 4.79 Å². The number of methoxy groups -OCH3 is 2. The average molecular weight is 481 g/mol. The number of fused-ring (bicyclic) bond motifs is 1. The van der Waals surface area contributed by atoms with Crippen molar-refractivity contribution >= 4 is 11.0 Å². The Morgan fingerprint density at radius 3 is 2.40 bits per heavy atom. The van der Waals surface area contributed by atoms with Gasteiger partial charge in [0.2, 0.25) is 11.2 Å². The van der Waals surface area contributed by atoms with Crippen LogP contribution in [0.3, 0.4) is 0 Å². The third-order valence-electron chi connectivity index (χ3n) is 6.61. The normalized spacial score (nSPS) is 14.8. The zero-order chi connectivity index (χ0) is 24.6. The molecule has 3 aromatic rings. The van der Waals surface area contributed by atoms with Gasteiger partial charge in [-0.05, 0) is 56.8 Å². The van der Waals surface area contributed by atoms with Gasteiger partial charge in [0.05, 0.1) is 26.2 Å². The van der Waals surface area contributed by atoms with Crippen molar-refractivity contribution in [3.8, 4) is 28.6 Å². The minimum absolute atomic E-state index is 0.160. The first kappa shape index (κ1) is 25.1. The van der Waals surface area contributed by atoms with Gasteiger partial charge in [-0.15, -0.1) is 0 Å². The average Bonchev–Trinajstić information content (AvgIpc) is 2.89. The SMILES string of the molecule is COc1ccc(-c2oc3ccccc3c(=O)c2OCCCCCCN2CCN(C)CC2)cc1OC. The molecule has 1 saturated heterocycles. The molecule has 1 aromatic heterocycles. The van der Waals surface area contributed by atoms with Gasteiger partial charge >= 0.3 is 0 Å². The number of nitrogens with zero attached hydrogens (tertiary/aromatic N) is 2. The summed E-state index contributed by atoms with van der Waals surface area (Å²) in [6, 6.07) is 12.7. The second kappa shape index (κ2) is 12.1. The largest absolute Gasteiger partial charge is 0.493 e. The lowest BCUT2D eigenvalue weighted by Crippen LogP contribution is -2.44. The summed E-state index contributed by atoms with van der Waals surface area (Å²) in [4.78, 5) is 18.2. The highest BCUT2D eigenvalue weighted by atomic mass is 16.5. The Bertz CT molecular complexity index is 1170. The Labute approximate surface area is 207 Å². The van der Waals surface area contributed by atoms with Gasteiger partial charge in [-0.25, -0.2) is 0 Å². The lowest BCUT2D eigenvalue weighted by Gasteiger charge is -2.32. The van der Waals surface area contributed by atoms with E-state index in [4.69, 9.17) is 18.6 Å². The quantitative estimate of drug-likeness (QED) is 0.370. The number of ether oxygens (including phenoxy) is 3. The van der Waals surface area contributed by atoms with E-state index < -0.39 is 0 Å². The first-order valence-corrected chi connectivity index (χ1v) is 12.4. The molecule has 4 rings (SSSR count). The fourth-order valence-electron chi connectivity index (χ4n) is 4.46. The number of piperazine rings is 1. The molecule has 2 aromatic carbocycles. The van der Waals surface area contributed by atoms with E-state index in [2.05, 4.69) is 16.8 Å². The second-order valence-corrected chi connectivity index (χ2v) is 9.06. The van der Waals surface area contributed by atoms with Crippen LogP contribution in [0.15, 0.2) is 51.7 Å². The molecule has 0 aliphatic carbocycles. The number of likely N-dealkylation sites (N-methyl/N-ethyl adjacent to an activating group) is 1. The molecule has 0 amide bonds. The van der Waals surface area contributed by atoms with Crippen LogP contribution in [0.4, 0.5) is 0 Å². The van der Waals surface area contributed by atoms with Crippen molar-refractivity contribution in [2.45, 2.75) is 25.7 Å². The van der Waals surface area contributed by atoms with Crippen LogP contribution in [-0.4, -0.2) is 70.4 Å². The summed E-state index contributed by atoms with van der Waals surface area (Å²) in [7, 11) is 5.36. The molecule has 0 unspecified atom stereocenters. The first-order chi connectivity index (χ1) is 17.1. The Hall–Kier alpha value is -3.03. The van der Waals surface area contributed by atoms with Gasteiger partial charge in [0.25, 0.3) is 0 Å². The minimum Gasteiger partial charge on any atom is -0.493 e. The van der Waals surface area contributed by atoms with E-state index >= 15 is 0 Å². The number of hydrogen-bond donors (Lipinski definition) is 0. The molecular weight excluding hydrogens is 444 g/mol. The highest BCUT2D eigenvalue weighted by Crippen LogP contribution is 2.36. The maximum atomic E-state index is 13.3. The highest BCUT2D eigenvalue weighted by molar-refractivity contribution is 5.82. The summed E-state index contributed by atoms with van der Waals surface area (Å²) in [5.41, 5.74) is 1.07. The molecule has 188 valence electrons. The smallest absolute Gasteiger partial charge is 0.235 e. The van der Waals surface area contributed by atoms with Crippen LogP contribution in [0, 0.1) is 0 Å². The third kappa shape index (κ3) is 6.16. The Morgan fingerprint density at radius 1 is 0.886 bits per heavy atom. The predicted octanol–water partition coefficient (Wildman–Crippen LogP) is 4.66. The van der Waals surface area contributed by atoms with Crippen molar-refractivity contribution in [1.82, 2.24) is 9.80 Å². The van der Waals surface area contributed by atoms with Crippen molar-refractivity contribution in [2.24, 2.45) is 0 Å². The Morgan fingerprint density at radius 2 is 1.63 bits per heavy atom. The molecule has 1 aliphatic rings. The van der Waals surface area contributed by atoms with Crippen LogP contribution in [0.2, 0.25) is 0 Å². The number of benzene rings is 2. The predicted molar refractivity (Wildman–Crippen MR) is 139 cm³/mol. The van der Waals surface area contributed by atoms with Gasteiger partial charge in [0, 0.05) is 31.7 Å². The highest BCUT2D eigenvalue weighted by Gasteiger charge is 2.19. The molecule has 0 radical (unpaired) electrons. The number of rotatable bonds is 11. The van der Waals surface area contributed by atoms with Gasteiger partial charge < -0.3 is 28.4 Å². The van der Waals surface area contributed by atoms with Crippen molar-refractivity contribution < 1.29 is 18.6 Å². The minimum atomic E-state index is -0.160. The summed E-state index contributed by atoms with van der Waals surface area (Å²) in [5, 5.41) is 0.513. The van der Waals surface area contributed by atoms with Crippen molar-refractivity contribution in [2.75, 3.05) is 60.6 Å². The zero-order valence-corrected chi connectivity index (χ0v) is 21.0. The van der Waals surface area contributed by atoms with Crippen LogP contribution in [0.5, 0.6) is 17.2 Å². The summed E-state index contributed by atoms with van der Waals surface area (Å²) in [6.07, 6.45) is 4.31. The molecule has 0 N–H and O–H groups in total. The molecule has 7 nitrogen and oxygen atoms in total. The van der Waals surface area contributed by atoms with E-state index in [1.54, 1.807) is 38.5 Å². The molecule has 0 saturated carbocycles. The van der Waals surface area contributed by atoms with E-state index in [0.29, 0.717) is 40.4 Å². The summed E-state index contributed by atoms with van der Waals surface area (Å²) < 4.78 is 23.0. The zero-order valence-electron chi connectivity index (χ0n) is 21.0. The first-order valence-electron chi connectivity index (χ1n) is 12.4. The van der Waals surface area contributed by atoms with Gasteiger partial charge in [0.15, 0.2) is 17.3 Å². The van der Waals surface area contributed by atoms with Gasteiger partial charge in [-0.2, -0.15) is 0 Å². The lowest BCUT2D eigenvalue weighted by molar-refractivity contribution is 0.151. The number of para-hydroxylation sites is 1. The molecule has 2 heterocycles. The topological polar surface area (TPSA) is 64.4 Å². The standard InChI is InChI=1S/C28H36N2O5/c1-29-15-17-30(18-16-29)14-8-4-5-9-19-34-28-26(31)22-10-6-7-11-23(22)35-27(28)21-12-13-24(32-2)25(20-21)33-3/h6-7,10-13,20H,4-5,8-9,14-19H2,1-3H3. The summed E-state index contributed by atoms with van der Waals surface area (Å²) >= 11 is 0. The van der Waals surface area contributed by atoms with E-state index in [1.807, 2.05) is 18.2 Å². The van der Waals surface area contributed by atoms with Crippen LogP contribution in [-0.2, 0) is 0 Å². The summed E-state index contributed by atoms with van der Waals surface area (Å²) in [5.74, 6) is 1.82. The van der Waals surface area contributed by atoms with Crippen LogP contribution in [0.25, 0.3) is 22.3 Å². The molecule has 0 spiro atoms. The van der Waals surface area contributed by atoms with Gasteiger partial charge in [-0.1, -0.05) is 25.0 Å². The van der Waals surface area contributed by atoms with Gasteiger partial charge in [0.1, 0.15) is 5.58 Å². The van der Waals surface area contributed by atoms with E-state index in [0.717, 1.165) is 52.0 Å². The fourth-order valence-corrected chi connectivity index (χ4v) is 4.46. The molecule has 35 heavy (non-hydrogen) atoms. The van der Waals surface area contributed by atoms with E-state index in [-0.39, 0.29) is 11.2 Å².